The van der Waals surface area contributed by atoms with Crippen LogP contribution in [0.4, 0.5) is 36.3 Å². The molecule has 4 N–H and O–H groups in total. The molecule has 66 heavy (non-hydrogen) atoms. The van der Waals surface area contributed by atoms with E-state index < -0.39 is 64.8 Å². The first-order valence-electron chi connectivity index (χ1n) is 21.1. The quantitative estimate of drug-likeness (QED) is 0.0573. The highest BCUT2D eigenvalue weighted by atomic mass is 19.1. The molecular formula is C44H50F2N6O14. The van der Waals surface area contributed by atoms with Gasteiger partial charge in [-0.15, -0.1) is 0 Å². The van der Waals surface area contributed by atoms with Crippen LogP contribution in [-0.2, 0) is 47.6 Å². The Morgan fingerprint density at radius 2 is 1.39 bits per heavy atom. The fourth-order valence-electron chi connectivity index (χ4n) is 7.25. The summed E-state index contributed by atoms with van der Waals surface area (Å²) in [6.45, 7) is 3.29. The van der Waals surface area contributed by atoms with E-state index in [1.165, 1.54) is 42.3 Å². The van der Waals surface area contributed by atoms with E-state index in [4.69, 9.17) is 28.4 Å². The normalized spacial score (nSPS) is 18.1. The zero-order chi connectivity index (χ0) is 47.2. The number of carbonyl (C=O) groups is 7. The predicted octanol–water partition coefficient (Wildman–Crippen LogP) is 2.24. The molecule has 2 atom stereocenters. The van der Waals surface area contributed by atoms with Crippen LogP contribution in [0.5, 0.6) is 0 Å². The van der Waals surface area contributed by atoms with Crippen molar-refractivity contribution < 1.29 is 75.9 Å². The van der Waals surface area contributed by atoms with Crippen molar-refractivity contribution in [2.45, 2.75) is 30.9 Å². The number of imide groups is 2. The Hall–Kier alpha value is -6.43. The van der Waals surface area contributed by atoms with E-state index in [0.717, 1.165) is 21.9 Å². The molecule has 2 fully saturated rings. The summed E-state index contributed by atoms with van der Waals surface area (Å²) in [4.78, 5) is 91.5. The minimum atomic E-state index is -2.44. The minimum absolute atomic E-state index is 0.00577. The topological polar surface area (TPSA) is 241 Å². The second kappa shape index (κ2) is 23.2. The number of fused-ring (bicyclic) bond motifs is 1. The molecule has 354 valence electrons. The third kappa shape index (κ3) is 12.3. The number of ether oxygens (including phenoxy) is 6. The highest BCUT2D eigenvalue weighted by molar-refractivity contribution is 6.25. The molecule has 3 aliphatic rings. The van der Waals surface area contributed by atoms with Crippen LogP contribution in [0.25, 0.3) is 0 Å². The van der Waals surface area contributed by atoms with Gasteiger partial charge in [-0.25, -0.2) is 13.6 Å². The molecule has 0 aromatic heterocycles. The highest BCUT2D eigenvalue weighted by Gasteiger charge is 2.53. The molecule has 7 amide bonds. The van der Waals surface area contributed by atoms with Gasteiger partial charge in [-0.2, -0.15) is 0 Å². The van der Waals surface area contributed by atoms with Crippen molar-refractivity contribution in [3.63, 3.8) is 0 Å². The number of benzene rings is 3. The number of carbonyl (C=O) groups excluding carboxylic acids is 7. The van der Waals surface area contributed by atoms with Crippen molar-refractivity contribution >= 4 is 64.3 Å². The Labute approximate surface area is 377 Å². The first-order chi connectivity index (χ1) is 31.8. The first kappa shape index (κ1) is 49.0. The Kier molecular flexibility index (Phi) is 17.2. The summed E-state index contributed by atoms with van der Waals surface area (Å²) in [6.07, 6.45) is -0.875. The van der Waals surface area contributed by atoms with E-state index in [9.17, 15) is 47.4 Å². The van der Waals surface area contributed by atoms with Crippen LogP contribution < -0.4 is 25.8 Å². The first-order valence-corrected chi connectivity index (χ1v) is 21.1. The standard InChI is InChI=1S/C44H50F2N6O14/c1-50(32-26-28(45)25-29(46)27-32)41(57)44(60)11-13-51(42(44)58)31-7-5-30(6-8-31)48-43(59)66-24-23-65-22-21-64-20-19-63-18-17-62-16-15-61-14-12-47-34-4-2-3-33-37(34)40(56)52(39(33)55)35-9-10-36(53)49-38(35)54/h2-8,25-27,35,47,60H,9-24H2,1H3,(H,48,59)(H,49,53,54). The molecule has 0 saturated carbocycles. The number of halogens is 2. The van der Waals surface area contributed by atoms with Gasteiger partial charge in [0.25, 0.3) is 23.6 Å². The van der Waals surface area contributed by atoms with Crippen LogP contribution in [-0.4, -0.2) is 156 Å². The Morgan fingerprint density at radius 1 is 0.803 bits per heavy atom. The highest BCUT2D eigenvalue weighted by Crippen LogP contribution is 2.34. The lowest BCUT2D eigenvalue weighted by atomic mass is 10.0. The zero-order valence-corrected chi connectivity index (χ0v) is 36.0. The van der Waals surface area contributed by atoms with Crippen LogP contribution in [0.3, 0.4) is 0 Å². The molecule has 0 radical (unpaired) electrons. The fourth-order valence-corrected chi connectivity index (χ4v) is 7.25. The lowest BCUT2D eigenvalue weighted by Crippen LogP contribution is -2.54. The van der Waals surface area contributed by atoms with Crippen LogP contribution in [0.1, 0.15) is 40.0 Å². The molecule has 22 heteroatoms. The monoisotopic (exact) mass is 924 g/mol. The summed E-state index contributed by atoms with van der Waals surface area (Å²) in [5.41, 5.74) is -1.09. The van der Waals surface area contributed by atoms with Crippen LogP contribution in [0, 0.1) is 11.6 Å². The molecule has 3 aromatic rings. The number of hydrogen-bond acceptors (Lipinski definition) is 15. The molecule has 0 aliphatic carbocycles. The summed E-state index contributed by atoms with van der Waals surface area (Å²) in [6, 6.07) is 12.3. The van der Waals surface area contributed by atoms with Gasteiger partial charge in [-0.05, 0) is 55.0 Å². The fraction of sp³-hybridized carbons (Fsp3) is 0.432. The number of piperidine rings is 1. The molecule has 2 saturated heterocycles. The summed E-state index contributed by atoms with van der Waals surface area (Å²) < 4.78 is 60.0. The second-order valence-corrected chi connectivity index (χ2v) is 15.0. The van der Waals surface area contributed by atoms with E-state index in [2.05, 4.69) is 16.0 Å². The maximum Gasteiger partial charge on any atom is 0.411 e. The number of aliphatic hydroxyl groups is 1. The van der Waals surface area contributed by atoms with Gasteiger partial charge < -0.3 is 48.6 Å². The van der Waals surface area contributed by atoms with E-state index in [1.807, 2.05) is 0 Å². The summed E-state index contributed by atoms with van der Waals surface area (Å²) in [7, 11) is 1.21. The number of rotatable bonds is 24. The van der Waals surface area contributed by atoms with Crippen molar-refractivity contribution in [1.29, 1.82) is 0 Å². The number of nitrogens with one attached hydrogen (secondary N) is 3. The van der Waals surface area contributed by atoms with Gasteiger partial charge >= 0.3 is 6.09 Å². The number of amides is 7. The third-order valence-corrected chi connectivity index (χ3v) is 10.6. The van der Waals surface area contributed by atoms with Crippen molar-refractivity contribution in [2.75, 3.05) is 113 Å². The smallest absolute Gasteiger partial charge is 0.411 e. The van der Waals surface area contributed by atoms with E-state index in [-0.39, 0.29) is 62.4 Å². The van der Waals surface area contributed by atoms with Gasteiger partial charge in [-0.3, -0.25) is 44.3 Å². The second-order valence-electron chi connectivity index (χ2n) is 15.0. The third-order valence-electron chi connectivity index (χ3n) is 10.6. The molecule has 3 heterocycles. The van der Waals surface area contributed by atoms with Crippen molar-refractivity contribution in [1.82, 2.24) is 10.2 Å². The van der Waals surface area contributed by atoms with Gasteiger partial charge in [0.15, 0.2) is 0 Å². The Bertz CT molecular complexity index is 2250. The van der Waals surface area contributed by atoms with E-state index >= 15 is 0 Å². The molecule has 3 aromatic carbocycles. The van der Waals surface area contributed by atoms with Gasteiger partial charge in [-0.1, -0.05) is 6.07 Å². The van der Waals surface area contributed by atoms with Crippen molar-refractivity contribution in [3.8, 4) is 0 Å². The van der Waals surface area contributed by atoms with Crippen LogP contribution in [0.15, 0.2) is 60.7 Å². The lowest BCUT2D eigenvalue weighted by molar-refractivity contribution is -0.147. The minimum Gasteiger partial charge on any atom is -0.447 e. The van der Waals surface area contributed by atoms with E-state index in [0.29, 0.717) is 82.5 Å². The summed E-state index contributed by atoms with van der Waals surface area (Å²) >= 11 is 0. The molecular weight excluding hydrogens is 875 g/mol. The number of anilines is 4. The molecule has 3 aliphatic heterocycles. The number of hydrogen-bond donors (Lipinski definition) is 4. The molecule has 0 bridgehead atoms. The SMILES string of the molecule is CN(C(=O)C1(O)CCN(c2ccc(NC(=O)OCCOCCOCCOCCOCCOCCNc3cccc4c3C(=O)N(C3CCC(=O)NC3=O)C4=O)cc2)C1=O)c1cc(F)cc(F)c1. The Morgan fingerprint density at radius 3 is 2.00 bits per heavy atom. The van der Waals surface area contributed by atoms with Gasteiger partial charge in [0.1, 0.15) is 24.3 Å². The molecule has 2 unspecified atom stereocenters. The van der Waals surface area contributed by atoms with Crippen LogP contribution in [0.2, 0.25) is 0 Å². The average molecular weight is 925 g/mol. The number of nitrogens with zero attached hydrogens (tertiary/aromatic N) is 3. The van der Waals surface area contributed by atoms with Gasteiger partial charge in [0, 0.05) is 61.8 Å². The predicted molar refractivity (Wildman–Crippen MR) is 229 cm³/mol. The molecule has 0 spiro atoms. The number of likely N-dealkylation sites (N-methyl/N-ethyl adjacent to an activating group) is 1. The maximum absolute atomic E-state index is 13.7. The van der Waals surface area contributed by atoms with Gasteiger partial charge in [0.05, 0.1) is 77.2 Å². The lowest BCUT2D eigenvalue weighted by Gasteiger charge is -2.27. The largest absolute Gasteiger partial charge is 0.447 e. The van der Waals surface area contributed by atoms with Gasteiger partial charge in [0.2, 0.25) is 17.4 Å². The molecule has 6 rings (SSSR count). The Balaban J connectivity index is 0.734. The summed E-state index contributed by atoms with van der Waals surface area (Å²) in [5.74, 6) is -6.05. The van der Waals surface area contributed by atoms with Crippen LogP contribution >= 0.6 is 0 Å². The molecule has 20 nitrogen and oxygen atoms in total. The average Bonchev–Trinajstić information content (AvgIpc) is 3.74. The maximum atomic E-state index is 13.7. The van der Waals surface area contributed by atoms with E-state index in [1.54, 1.807) is 12.1 Å². The van der Waals surface area contributed by atoms with Crippen molar-refractivity contribution in [3.05, 3.63) is 83.4 Å². The van der Waals surface area contributed by atoms with Crippen molar-refractivity contribution in [2.24, 2.45) is 0 Å². The summed E-state index contributed by atoms with van der Waals surface area (Å²) in [5, 5.41) is 18.9. The zero-order valence-electron chi connectivity index (χ0n) is 36.0.